The number of amides is 1. The fraction of sp³-hybridized carbons (Fsp3) is 0.963. The molecule has 1 unspecified atom stereocenters. The Bertz CT molecular complexity index is 439. The SMILES string of the molecule is C.CN(C)C(=O)C1CCCCN1C.CN1CCCC1.CN1CCCCC1.CN1CCCCC1. The molecule has 198 valence electrons. The summed E-state index contributed by atoms with van der Waals surface area (Å²) in [7, 11) is 12.2. The second-order valence-corrected chi connectivity index (χ2v) is 10.5. The first-order chi connectivity index (χ1) is 15.3. The summed E-state index contributed by atoms with van der Waals surface area (Å²) in [6.45, 7) is 8.98. The summed E-state index contributed by atoms with van der Waals surface area (Å²) in [6.07, 6.45) is 14.8. The van der Waals surface area contributed by atoms with Crippen LogP contribution in [0.3, 0.4) is 0 Å². The lowest BCUT2D eigenvalue weighted by molar-refractivity contribution is -0.135. The smallest absolute Gasteiger partial charge is 0.239 e. The highest BCUT2D eigenvalue weighted by molar-refractivity contribution is 5.81. The number of carbonyl (C=O) groups excluding carboxylic acids is 1. The molecule has 4 heterocycles. The monoisotopic (exact) mass is 469 g/mol. The number of hydrogen-bond donors (Lipinski definition) is 0. The van der Waals surface area contributed by atoms with Gasteiger partial charge in [-0.1, -0.05) is 26.7 Å². The first-order valence-corrected chi connectivity index (χ1v) is 13.3. The van der Waals surface area contributed by atoms with Crippen LogP contribution in [0.5, 0.6) is 0 Å². The van der Waals surface area contributed by atoms with E-state index in [1.165, 1.54) is 103 Å². The van der Waals surface area contributed by atoms with E-state index in [-0.39, 0.29) is 19.4 Å². The first kappa shape index (κ1) is 32.3. The third kappa shape index (κ3) is 15.8. The van der Waals surface area contributed by atoms with Gasteiger partial charge in [-0.2, -0.15) is 0 Å². The molecule has 0 aliphatic carbocycles. The lowest BCUT2D eigenvalue weighted by Gasteiger charge is -2.32. The standard InChI is InChI=1S/C9H18N2O.2C6H13N.C5H11N.CH4/c1-10(2)9(12)8-6-4-5-7-11(8)3;2*1-7-5-3-2-4-6-7;1-6-4-2-3-5-6;/h8H,4-7H2,1-3H3;2*2-6H2,1H3;2-5H2,1H3;1H4. The predicted molar refractivity (Wildman–Crippen MR) is 145 cm³/mol. The Hall–Kier alpha value is -0.690. The molecule has 4 aliphatic heterocycles. The molecule has 4 saturated heterocycles. The van der Waals surface area contributed by atoms with Crippen LogP contribution in [0.2, 0.25) is 0 Å². The van der Waals surface area contributed by atoms with Gasteiger partial charge in [-0.15, -0.1) is 0 Å². The van der Waals surface area contributed by atoms with Gasteiger partial charge < -0.3 is 19.6 Å². The predicted octanol–water partition coefficient (Wildman–Crippen LogP) is 4.11. The van der Waals surface area contributed by atoms with Crippen molar-refractivity contribution in [1.82, 2.24) is 24.5 Å². The van der Waals surface area contributed by atoms with E-state index in [0.29, 0.717) is 0 Å². The number of nitrogens with zero attached hydrogens (tertiary/aromatic N) is 5. The Morgan fingerprint density at radius 1 is 0.576 bits per heavy atom. The molecule has 6 nitrogen and oxygen atoms in total. The molecule has 0 aromatic rings. The first-order valence-electron chi connectivity index (χ1n) is 13.3. The molecular weight excluding hydrogens is 410 g/mol. The van der Waals surface area contributed by atoms with Crippen LogP contribution >= 0.6 is 0 Å². The number of rotatable bonds is 1. The maximum Gasteiger partial charge on any atom is 0.239 e. The van der Waals surface area contributed by atoms with Gasteiger partial charge in [0.1, 0.15) is 0 Å². The van der Waals surface area contributed by atoms with Crippen molar-refractivity contribution in [3.05, 3.63) is 0 Å². The maximum absolute atomic E-state index is 11.6. The molecule has 1 atom stereocenters. The topological polar surface area (TPSA) is 33.3 Å². The number of likely N-dealkylation sites (tertiary alicyclic amines) is 4. The van der Waals surface area contributed by atoms with Gasteiger partial charge in [-0.05, 0) is 125 Å². The molecule has 0 bridgehead atoms. The third-order valence-electron chi connectivity index (χ3n) is 6.99. The molecule has 33 heavy (non-hydrogen) atoms. The Balaban J connectivity index is 0.000000426. The Kier molecular flexibility index (Phi) is 19.2. The summed E-state index contributed by atoms with van der Waals surface area (Å²) in [5, 5.41) is 0. The highest BCUT2D eigenvalue weighted by Gasteiger charge is 2.26. The molecular formula is C27H59N5O. The van der Waals surface area contributed by atoms with Crippen LogP contribution in [0, 0.1) is 0 Å². The summed E-state index contributed by atoms with van der Waals surface area (Å²) in [5.41, 5.74) is 0. The van der Waals surface area contributed by atoms with Gasteiger partial charge in [0.25, 0.3) is 0 Å². The molecule has 0 aromatic carbocycles. The van der Waals surface area contributed by atoms with E-state index in [9.17, 15) is 4.79 Å². The van der Waals surface area contributed by atoms with Gasteiger partial charge in [0.05, 0.1) is 6.04 Å². The zero-order valence-electron chi connectivity index (χ0n) is 22.4. The summed E-state index contributed by atoms with van der Waals surface area (Å²) in [6, 6.07) is 0.133. The fourth-order valence-electron chi connectivity index (χ4n) is 4.66. The van der Waals surface area contributed by atoms with Gasteiger partial charge in [-0.3, -0.25) is 9.69 Å². The molecule has 0 N–H and O–H groups in total. The van der Waals surface area contributed by atoms with Crippen molar-refractivity contribution in [3.8, 4) is 0 Å². The summed E-state index contributed by atoms with van der Waals surface area (Å²) in [4.78, 5) is 22.6. The zero-order chi connectivity index (χ0) is 23.8. The minimum Gasteiger partial charge on any atom is -0.347 e. The highest BCUT2D eigenvalue weighted by Crippen LogP contribution is 2.16. The van der Waals surface area contributed by atoms with Crippen molar-refractivity contribution in [2.45, 2.75) is 84.1 Å². The highest BCUT2D eigenvalue weighted by atomic mass is 16.2. The number of carbonyl (C=O) groups is 1. The van der Waals surface area contributed by atoms with E-state index in [1.54, 1.807) is 4.90 Å². The van der Waals surface area contributed by atoms with Crippen LogP contribution in [-0.2, 0) is 4.79 Å². The summed E-state index contributed by atoms with van der Waals surface area (Å²) < 4.78 is 0. The maximum atomic E-state index is 11.6. The molecule has 0 saturated carbocycles. The van der Waals surface area contributed by atoms with Crippen LogP contribution in [0.4, 0.5) is 0 Å². The normalized spacial score (nSPS) is 24.6. The van der Waals surface area contributed by atoms with Gasteiger partial charge in [0.2, 0.25) is 5.91 Å². The number of piperidine rings is 3. The van der Waals surface area contributed by atoms with Crippen molar-refractivity contribution < 1.29 is 4.79 Å². The van der Waals surface area contributed by atoms with Gasteiger partial charge in [0, 0.05) is 14.1 Å². The zero-order valence-corrected chi connectivity index (χ0v) is 22.4. The third-order valence-corrected chi connectivity index (χ3v) is 6.99. The molecule has 6 heteroatoms. The van der Waals surface area contributed by atoms with Crippen LogP contribution in [-0.4, -0.2) is 125 Å². The number of likely N-dealkylation sites (N-methyl/N-ethyl adjacent to an activating group) is 2. The Morgan fingerprint density at radius 3 is 1.15 bits per heavy atom. The second kappa shape index (κ2) is 19.6. The molecule has 0 radical (unpaired) electrons. The fourth-order valence-corrected chi connectivity index (χ4v) is 4.66. The van der Waals surface area contributed by atoms with Crippen molar-refractivity contribution in [1.29, 1.82) is 0 Å². The lowest BCUT2D eigenvalue weighted by Crippen LogP contribution is -2.47. The van der Waals surface area contributed by atoms with Crippen LogP contribution in [0.25, 0.3) is 0 Å². The van der Waals surface area contributed by atoms with Gasteiger partial charge in [-0.25, -0.2) is 0 Å². The van der Waals surface area contributed by atoms with Crippen molar-refractivity contribution >= 4 is 5.91 Å². The Morgan fingerprint density at radius 2 is 0.909 bits per heavy atom. The minimum atomic E-state index is 0. The second-order valence-electron chi connectivity index (χ2n) is 10.5. The molecule has 4 rings (SSSR count). The molecule has 4 aliphatic rings. The van der Waals surface area contributed by atoms with E-state index in [1.807, 2.05) is 21.1 Å². The molecule has 0 spiro atoms. The van der Waals surface area contributed by atoms with E-state index >= 15 is 0 Å². The molecule has 1 amide bonds. The molecule has 4 fully saturated rings. The summed E-state index contributed by atoms with van der Waals surface area (Å²) in [5.74, 6) is 0.247. The van der Waals surface area contributed by atoms with E-state index in [4.69, 9.17) is 0 Å². The lowest BCUT2D eigenvalue weighted by atomic mass is 10.0. The average Bonchev–Trinajstić information content (AvgIpc) is 3.27. The average molecular weight is 470 g/mol. The van der Waals surface area contributed by atoms with Gasteiger partial charge in [0.15, 0.2) is 0 Å². The van der Waals surface area contributed by atoms with Crippen molar-refractivity contribution in [2.24, 2.45) is 0 Å². The van der Waals surface area contributed by atoms with Crippen LogP contribution in [0.1, 0.15) is 78.1 Å². The number of hydrogen-bond acceptors (Lipinski definition) is 5. The van der Waals surface area contributed by atoms with Crippen molar-refractivity contribution in [2.75, 3.05) is 88.1 Å². The van der Waals surface area contributed by atoms with Crippen LogP contribution in [0.15, 0.2) is 0 Å². The van der Waals surface area contributed by atoms with E-state index in [2.05, 4.69) is 40.7 Å². The quantitative estimate of drug-likeness (QED) is 0.577. The van der Waals surface area contributed by atoms with Crippen molar-refractivity contribution in [3.63, 3.8) is 0 Å². The summed E-state index contributed by atoms with van der Waals surface area (Å²) >= 11 is 0. The van der Waals surface area contributed by atoms with E-state index < -0.39 is 0 Å². The van der Waals surface area contributed by atoms with Crippen LogP contribution < -0.4 is 0 Å². The molecule has 0 aromatic heterocycles. The van der Waals surface area contributed by atoms with E-state index in [0.717, 1.165) is 13.0 Å². The Labute approximate surface area is 207 Å². The largest absolute Gasteiger partial charge is 0.347 e. The minimum absolute atomic E-state index is 0. The van der Waals surface area contributed by atoms with Gasteiger partial charge >= 0.3 is 0 Å².